The van der Waals surface area contributed by atoms with Crippen LogP contribution in [0.2, 0.25) is 0 Å². The van der Waals surface area contributed by atoms with Gasteiger partial charge in [0.15, 0.2) is 0 Å². The highest BCUT2D eigenvalue weighted by Gasteiger charge is 2.50. The third-order valence-electron chi connectivity index (χ3n) is 6.09. The maximum atomic E-state index is 13.4. The summed E-state index contributed by atoms with van der Waals surface area (Å²) in [6.07, 6.45) is 0.972. The summed E-state index contributed by atoms with van der Waals surface area (Å²) in [5.74, 6) is -0.851. The van der Waals surface area contributed by atoms with E-state index in [1.807, 2.05) is 0 Å². The maximum absolute atomic E-state index is 13.4. The monoisotopic (exact) mass is 400 g/mol. The van der Waals surface area contributed by atoms with Gasteiger partial charge >= 0.3 is 6.03 Å². The van der Waals surface area contributed by atoms with Crippen molar-refractivity contribution >= 4 is 29.4 Å². The van der Waals surface area contributed by atoms with Crippen molar-refractivity contribution in [2.24, 2.45) is 5.41 Å². The Morgan fingerprint density at radius 2 is 1.97 bits per heavy atom. The van der Waals surface area contributed by atoms with Gasteiger partial charge in [-0.2, -0.15) is 0 Å². The van der Waals surface area contributed by atoms with Crippen LogP contribution < -0.4 is 15.5 Å². The Morgan fingerprint density at radius 3 is 2.72 bits per heavy atom. The summed E-state index contributed by atoms with van der Waals surface area (Å²) in [6.45, 7) is 1.23. The van der Waals surface area contributed by atoms with Gasteiger partial charge in [-0.3, -0.25) is 24.6 Å². The van der Waals surface area contributed by atoms with Crippen LogP contribution in [0.4, 0.5) is 10.5 Å². The smallest absolute Gasteiger partial charge is 0.328 e. The van der Waals surface area contributed by atoms with Crippen molar-refractivity contribution in [1.82, 2.24) is 15.5 Å². The molecular formula is C20H24N4O5. The number of nitrogens with zero attached hydrogens (tertiary/aromatic N) is 2. The van der Waals surface area contributed by atoms with E-state index in [-0.39, 0.29) is 37.2 Å². The number of aliphatic hydroxyl groups excluding tert-OH is 1. The minimum atomic E-state index is -0.990. The van der Waals surface area contributed by atoms with Crippen molar-refractivity contribution in [3.05, 3.63) is 29.8 Å². The molecule has 154 valence electrons. The first kappa shape index (κ1) is 19.4. The molecule has 0 aromatic heterocycles. The fourth-order valence-electron chi connectivity index (χ4n) is 4.47. The van der Waals surface area contributed by atoms with E-state index in [9.17, 15) is 24.3 Å². The molecule has 0 radical (unpaired) electrons. The molecule has 3 fully saturated rings. The molecule has 9 heteroatoms. The van der Waals surface area contributed by atoms with Crippen LogP contribution in [0.5, 0.6) is 0 Å². The first-order valence-corrected chi connectivity index (χ1v) is 9.88. The number of likely N-dealkylation sites (tertiary alicyclic amines) is 1. The van der Waals surface area contributed by atoms with E-state index in [0.29, 0.717) is 37.2 Å². The number of benzene rings is 1. The van der Waals surface area contributed by atoms with Crippen LogP contribution in [-0.2, 0) is 9.59 Å². The highest BCUT2D eigenvalue weighted by molar-refractivity contribution is 6.09. The summed E-state index contributed by atoms with van der Waals surface area (Å²) in [6, 6.07) is 6.20. The van der Waals surface area contributed by atoms with Crippen LogP contribution in [-0.4, -0.2) is 66.0 Å². The van der Waals surface area contributed by atoms with Gasteiger partial charge in [0.25, 0.3) is 5.91 Å². The molecule has 1 aromatic rings. The van der Waals surface area contributed by atoms with Gasteiger partial charge in [0.2, 0.25) is 11.8 Å². The number of aliphatic hydroxyl groups is 1. The number of hydrogen-bond acceptors (Lipinski definition) is 5. The Labute approximate surface area is 168 Å². The lowest BCUT2D eigenvalue weighted by atomic mass is 9.71. The van der Waals surface area contributed by atoms with Crippen LogP contribution in [0.3, 0.4) is 0 Å². The van der Waals surface area contributed by atoms with E-state index in [2.05, 4.69) is 10.6 Å². The Kier molecular flexibility index (Phi) is 4.99. The third kappa shape index (κ3) is 3.35. The Hall–Kier alpha value is -2.94. The number of anilines is 1. The number of carbonyl (C=O) groups is 4. The minimum Gasteiger partial charge on any atom is -0.392 e. The van der Waals surface area contributed by atoms with Gasteiger partial charge in [-0.25, -0.2) is 4.79 Å². The number of para-hydroxylation sites is 1. The fraction of sp³-hybridized carbons (Fsp3) is 0.500. The zero-order valence-electron chi connectivity index (χ0n) is 16.0. The highest BCUT2D eigenvalue weighted by Crippen LogP contribution is 2.38. The van der Waals surface area contributed by atoms with Gasteiger partial charge in [0, 0.05) is 32.6 Å². The number of carbonyl (C=O) groups excluding carboxylic acids is 4. The fourth-order valence-corrected chi connectivity index (χ4v) is 4.47. The quantitative estimate of drug-likeness (QED) is 0.657. The summed E-state index contributed by atoms with van der Waals surface area (Å²) < 4.78 is 0. The van der Waals surface area contributed by atoms with Crippen LogP contribution >= 0.6 is 0 Å². The molecule has 3 saturated heterocycles. The Morgan fingerprint density at radius 1 is 1.17 bits per heavy atom. The molecular weight excluding hydrogens is 376 g/mol. The van der Waals surface area contributed by atoms with E-state index in [1.54, 1.807) is 29.2 Å². The number of imide groups is 1. The zero-order valence-corrected chi connectivity index (χ0v) is 16.0. The van der Waals surface area contributed by atoms with Crippen molar-refractivity contribution in [3.8, 4) is 0 Å². The zero-order chi connectivity index (χ0) is 20.6. The van der Waals surface area contributed by atoms with Gasteiger partial charge in [-0.1, -0.05) is 12.1 Å². The van der Waals surface area contributed by atoms with E-state index in [0.717, 1.165) is 6.42 Å². The van der Waals surface area contributed by atoms with Crippen molar-refractivity contribution in [2.45, 2.75) is 31.8 Å². The molecule has 0 saturated carbocycles. The molecule has 5 amide bonds. The molecule has 3 aliphatic rings. The van der Waals surface area contributed by atoms with Gasteiger partial charge in [-0.15, -0.1) is 0 Å². The van der Waals surface area contributed by atoms with Crippen LogP contribution in [0, 0.1) is 5.41 Å². The second-order valence-electron chi connectivity index (χ2n) is 7.82. The molecule has 1 spiro atoms. The Balaban J connectivity index is 1.61. The molecule has 3 heterocycles. The summed E-state index contributed by atoms with van der Waals surface area (Å²) in [4.78, 5) is 52.6. The van der Waals surface area contributed by atoms with Crippen molar-refractivity contribution in [1.29, 1.82) is 0 Å². The summed E-state index contributed by atoms with van der Waals surface area (Å²) in [5, 5.41) is 15.6. The second-order valence-corrected chi connectivity index (χ2v) is 7.82. The van der Waals surface area contributed by atoms with Gasteiger partial charge in [0.05, 0.1) is 22.8 Å². The SMILES string of the molecule is O=C1CCN(c2ccccc2C(=O)N2CC[C@H](O)[C@@]3(CCCNC3=O)C2)C(=O)N1. The maximum Gasteiger partial charge on any atom is 0.328 e. The minimum absolute atomic E-state index is 0.137. The number of piperidine rings is 2. The van der Waals surface area contributed by atoms with Crippen LogP contribution in [0.25, 0.3) is 0 Å². The van der Waals surface area contributed by atoms with Crippen molar-refractivity contribution < 1.29 is 24.3 Å². The molecule has 2 atom stereocenters. The predicted molar refractivity (Wildman–Crippen MR) is 103 cm³/mol. The van der Waals surface area contributed by atoms with Gasteiger partial charge in [0.1, 0.15) is 0 Å². The summed E-state index contributed by atoms with van der Waals surface area (Å²) in [7, 11) is 0. The van der Waals surface area contributed by atoms with E-state index < -0.39 is 17.6 Å². The number of urea groups is 1. The topological polar surface area (TPSA) is 119 Å². The van der Waals surface area contributed by atoms with Crippen LogP contribution in [0.15, 0.2) is 24.3 Å². The molecule has 4 rings (SSSR count). The molecule has 29 heavy (non-hydrogen) atoms. The van der Waals surface area contributed by atoms with Crippen molar-refractivity contribution in [2.75, 3.05) is 31.1 Å². The lowest BCUT2D eigenvalue weighted by molar-refractivity contribution is -0.147. The standard InChI is InChI=1S/C20H24N4O5/c25-15-6-10-23(12-20(15)8-3-9-21-18(20)28)17(27)13-4-1-2-5-14(13)24-11-7-16(26)22-19(24)29/h1-2,4-5,15,25H,3,6-12H2,(H,21,28)(H,22,26,29)/t15-,20+/m0/s1. The summed E-state index contributed by atoms with van der Waals surface area (Å²) >= 11 is 0. The molecule has 0 unspecified atom stereocenters. The van der Waals surface area contributed by atoms with Gasteiger partial charge < -0.3 is 15.3 Å². The number of rotatable bonds is 2. The largest absolute Gasteiger partial charge is 0.392 e. The van der Waals surface area contributed by atoms with Gasteiger partial charge in [-0.05, 0) is 31.4 Å². The van der Waals surface area contributed by atoms with E-state index >= 15 is 0 Å². The normalized spacial score (nSPS) is 27.6. The van der Waals surface area contributed by atoms with Crippen LogP contribution in [0.1, 0.15) is 36.0 Å². The Bertz CT molecular complexity index is 872. The molecule has 0 aliphatic carbocycles. The number of amides is 5. The lowest BCUT2D eigenvalue weighted by Gasteiger charge is -2.47. The first-order valence-electron chi connectivity index (χ1n) is 9.88. The van der Waals surface area contributed by atoms with Crippen molar-refractivity contribution in [3.63, 3.8) is 0 Å². The summed E-state index contributed by atoms with van der Waals surface area (Å²) in [5.41, 5.74) is -0.230. The number of nitrogens with one attached hydrogen (secondary N) is 2. The molecule has 3 aliphatic heterocycles. The first-order chi connectivity index (χ1) is 13.9. The lowest BCUT2D eigenvalue weighted by Crippen LogP contribution is -2.62. The molecule has 0 bridgehead atoms. The van der Waals surface area contributed by atoms with E-state index in [1.165, 1.54) is 4.90 Å². The average Bonchev–Trinajstić information content (AvgIpc) is 2.72. The second kappa shape index (κ2) is 7.47. The molecule has 1 aromatic carbocycles. The third-order valence-corrected chi connectivity index (χ3v) is 6.09. The predicted octanol–water partition coefficient (Wildman–Crippen LogP) is 0.236. The highest BCUT2D eigenvalue weighted by atomic mass is 16.3. The number of hydrogen-bond donors (Lipinski definition) is 3. The van der Waals surface area contributed by atoms with E-state index in [4.69, 9.17) is 0 Å². The molecule has 9 nitrogen and oxygen atoms in total. The molecule has 3 N–H and O–H groups in total. The average molecular weight is 400 g/mol.